The summed E-state index contributed by atoms with van der Waals surface area (Å²) in [7, 11) is 0. The Morgan fingerprint density at radius 3 is 1.03 bits per heavy atom. The monoisotopic (exact) mass is 1660 g/mol. The Morgan fingerprint density at radius 1 is 0.333 bits per heavy atom. The number of aliphatic hydroxyl groups excluding tert-OH is 1. The van der Waals surface area contributed by atoms with Crippen molar-refractivity contribution in [1.29, 1.82) is 0 Å². The van der Waals surface area contributed by atoms with Crippen LogP contribution in [0.25, 0.3) is 0 Å². The summed E-state index contributed by atoms with van der Waals surface area (Å²) in [6.45, 7) is 8.38. The normalized spacial score (nSPS) is 15.7. The van der Waals surface area contributed by atoms with Crippen molar-refractivity contribution >= 4 is 42.4 Å². The minimum Gasteiger partial charge on any atom is -0.494 e. The first-order chi connectivity index (χ1) is 58.9. The van der Waals surface area contributed by atoms with Gasteiger partial charge in [-0.2, -0.15) is 0 Å². The molecule has 2 aliphatic carbocycles. The van der Waals surface area contributed by atoms with Crippen molar-refractivity contribution < 1.29 is 90.8 Å². The molecule has 2 unspecified atom stereocenters. The van der Waals surface area contributed by atoms with Crippen molar-refractivity contribution in [2.75, 3.05) is 66.1 Å². The first kappa shape index (κ1) is 99.0. The van der Waals surface area contributed by atoms with Crippen molar-refractivity contribution in [3.63, 3.8) is 0 Å². The maximum atomic E-state index is 13.4. The van der Waals surface area contributed by atoms with E-state index >= 15 is 0 Å². The maximum Gasteiger partial charge on any atom is 0.343 e. The minimum atomic E-state index is -0.826. The highest BCUT2D eigenvalue weighted by Crippen LogP contribution is 2.40. The highest BCUT2D eigenvalue weighted by Gasteiger charge is 2.26. The molecule has 0 amide bonds. The second kappa shape index (κ2) is 62.9. The number of hydrogen-bond acceptors (Lipinski definition) is 19. The van der Waals surface area contributed by atoms with Gasteiger partial charge in [-0.25, -0.2) is 14.4 Å². The summed E-state index contributed by atoms with van der Waals surface area (Å²) in [6.07, 6.45) is 45.6. The standard InChI is InChI=1S/C101H146O19/c1-3-5-25-37-80-39-43-82(44-40-80)84-47-59-90(60-48-84)119-99(107)86-51-55-88(56-52-86)110-66-28-16-7-9-19-31-69-113-93(78-103)76-97(105)116-72-34-22-13-11-18-30-68-112-92-63-64-96(95(75-92)101(109)118-74-36-24-15-27-65-102)115-71-33-21-12-14-23-35-73-117-98(106)77-94(79-104)114-70-32-20-10-8-17-29-67-111-89-57-53-87(54-58-89)100(108)120-91-61-49-85(50-62-91)83-45-41-81(42-46-83)38-26-6-4-2/h47-64,75,78-83,93-94,102H,3-46,65-74,76-77H2,1-2H3/t80-,81-,82-,83-,93?,94?. The second-order valence-electron chi connectivity index (χ2n) is 33.1. The second-order valence-corrected chi connectivity index (χ2v) is 33.1. The van der Waals surface area contributed by atoms with Gasteiger partial charge in [0.25, 0.3) is 0 Å². The molecule has 2 aliphatic rings. The Bertz CT molecular complexity index is 3540. The summed E-state index contributed by atoms with van der Waals surface area (Å²) in [4.78, 5) is 87.7. The zero-order valence-corrected chi connectivity index (χ0v) is 73.0. The van der Waals surface area contributed by atoms with Crippen LogP contribution >= 0.6 is 0 Å². The van der Waals surface area contributed by atoms with E-state index < -0.39 is 30.1 Å². The molecule has 0 radical (unpaired) electrons. The minimum absolute atomic E-state index is 0.100. The number of unbranched alkanes of at least 4 members (excludes halogenated alkanes) is 27. The van der Waals surface area contributed by atoms with Crippen LogP contribution < -0.4 is 28.4 Å². The van der Waals surface area contributed by atoms with Gasteiger partial charge in [0.05, 0.1) is 70.2 Å². The quantitative estimate of drug-likeness (QED) is 0.0125. The van der Waals surface area contributed by atoms with E-state index in [1.54, 1.807) is 36.4 Å². The average molecular weight is 1660 g/mol. The molecular weight excluding hydrogens is 1520 g/mol. The average Bonchev–Trinajstić information content (AvgIpc) is 0.865. The topological polar surface area (TPSA) is 241 Å². The van der Waals surface area contributed by atoms with E-state index in [0.717, 1.165) is 179 Å². The van der Waals surface area contributed by atoms with Crippen molar-refractivity contribution in [2.24, 2.45) is 11.8 Å². The molecule has 19 nitrogen and oxygen atoms in total. The summed E-state index contributed by atoms with van der Waals surface area (Å²) in [6, 6.07) is 35.6. The fourth-order valence-electron chi connectivity index (χ4n) is 15.9. The molecule has 7 rings (SSSR count). The number of benzene rings is 5. The van der Waals surface area contributed by atoms with Gasteiger partial charge in [-0.1, -0.05) is 199 Å². The zero-order valence-electron chi connectivity index (χ0n) is 73.0. The first-order valence-corrected chi connectivity index (χ1v) is 46.7. The lowest BCUT2D eigenvalue weighted by Gasteiger charge is -2.29. The number of hydrogen-bond donors (Lipinski definition) is 1. The Labute approximate surface area is 718 Å². The molecule has 5 aromatic carbocycles. The van der Waals surface area contributed by atoms with Gasteiger partial charge in [0.2, 0.25) is 0 Å². The molecular formula is C101H146O19. The van der Waals surface area contributed by atoms with E-state index in [2.05, 4.69) is 38.1 Å². The van der Waals surface area contributed by atoms with E-state index in [0.29, 0.717) is 135 Å². The smallest absolute Gasteiger partial charge is 0.343 e. The third-order valence-corrected chi connectivity index (χ3v) is 23.3. The Hall–Kier alpha value is -8.13. The maximum absolute atomic E-state index is 13.4. The van der Waals surface area contributed by atoms with E-state index in [9.17, 15) is 33.6 Å². The SMILES string of the molecule is CCCCC[C@H]1CC[C@H](c2ccc(OC(=O)c3ccc(OCCCCCCCCOC(C=O)CC(=O)OCCCCCCCCOc4ccc(OCCCCCCCCOC(=O)CC(C=O)OCCCCCCCCOc5ccc(C(=O)Oc6ccc([C@H]7CC[C@H](CCCCC)CC7)cc6)cc5)c(C(=O)OCCCCCCO)c4)cc3)cc2)CC1. The molecule has 5 aromatic rings. The lowest BCUT2D eigenvalue weighted by molar-refractivity contribution is -0.149. The zero-order chi connectivity index (χ0) is 84.9. The van der Waals surface area contributed by atoms with Crippen molar-refractivity contribution in [2.45, 2.75) is 333 Å². The van der Waals surface area contributed by atoms with Gasteiger partial charge in [-0.3, -0.25) is 9.59 Å². The van der Waals surface area contributed by atoms with Gasteiger partial charge in [0.15, 0.2) is 0 Å². The summed E-state index contributed by atoms with van der Waals surface area (Å²) in [5.41, 5.74) is 3.94. The fourth-order valence-corrected chi connectivity index (χ4v) is 15.9. The van der Waals surface area contributed by atoms with E-state index in [-0.39, 0.29) is 44.6 Å². The summed E-state index contributed by atoms with van der Waals surface area (Å²) >= 11 is 0. The van der Waals surface area contributed by atoms with E-state index in [4.69, 9.17) is 57.2 Å². The third kappa shape index (κ3) is 42.6. The van der Waals surface area contributed by atoms with Gasteiger partial charge in [-0.05, 0) is 248 Å². The summed E-state index contributed by atoms with van der Waals surface area (Å²) < 4.78 is 63.5. The number of carbonyl (C=O) groups excluding carboxylic acids is 7. The number of carbonyl (C=O) groups is 7. The fraction of sp³-hybridized carbons (Fsp3) is 0.634. The highest BCUT2D eigenvalue weighted by molar-refractivity contribution is 5.93. The first-order valence-electron chi connectivity index (χ1n) is 46.7. The van der Waals surface area contributed by atoms with E-state index in [1.807, 2.05) is 54.6 Å². The number of aldehydes is 2. The number of ether oxygens (including phenoxy) is 11. The van der Waals surface area contributed by atoms with Crippen LogP contribution in [0.4, 0.5) is 0 Å². The number of esters is 5. The lowest BCUT2D eigenvalue weighted by atomic mass is 9.77. The van der Waals surface area contributed by atoms with Crippen LogP contribution in [0, 0.1) is 11.8 Å². The molecule has 2 saturated carbocycles. The molecule has 0 spiro atoms. The van der Waals surface area contributed by atoms with Crippen LogP contribution in [-0.2, 0) is 42.9 Å². The van der Waals surface area contributed by atoms with Crippen LogP contribution in [-0.4, -0.2) is 126 Å². The molecule has 0 bridgehead atoms. The van der Waals surface area contributed by atoms with Crippen LogP contribution in [0.1, 0.15) is 363 Å². The molecule has 2 fully saturated rings. The van der Waals surface area contributed by atoms with E-state index in [1.165, 1.54) is 114 Å². The summed E-state index contributed by atoms with van der Waals surface area (Å²) in [5, 5.41) is 9.15. The molecule has 664 valence electrons. The Balaban J connectivity index is 0.625. The van der Waals surface area contributed by atoms with Gasteiger partial charge < -0.3 is 66.8 Å². The highest BCUT2D eigenvalue weighted by atomic mass is 16.6. The van der Waals surface area contributed by atoms with Gasteiger partial charge >= 0.3 is 29.8 Å². The van der Waals surface area contributed by atoms with Crippen molar-refractivity contribution in [3.05, 3.63) is 143 Å². The van der Waals surface area contributed by atoms with Crippen LogP contribution in [0.2, 0.25) is 0 Å². The predicted octanol–water partition coefficient (Wildman–Crippen LogP) is 23.9. The lowest BCUT2D eigenvalue weighted by Crippen LogP contribution is -2.21. The van der Waals surface area contributed by atoms with Crippen molar-refractivity contribution in [3.8, 4) is 34.5 Å². The van der Waals surface area contributed by atoms with Crippen LogP contribution in [0.3, 0.4) is 0 Å². The third-order valence-electron chi connectivity index (χ3n) is 23.3. The number of rotatable bonds is 69. The molecule has 2 atom stereocenters. The Kier molecular flexibility index (Phi) is 51.9. The molecule has 0 aliphatic heterocycles. The summed E-state index contributed by atoms with van der Waals surface area (Å²) in [5.74, 6) is 4.33. The van der Waals surface area contributed by atoms with Gasteiger partial charge in [0, 0.05) is 19.8 Å². The predicted molar refractivity (Wildman–Crippen MR) is 471 cm³/mol. The van der Waals surface area contributed by atoms with Crippen molar-refractivity contribution in [1.82, 2.24) is 0 Å². The van der Waals surface area contributed by atoms with Crippen LogP contribution in [0.15, 0.2) is 115 Å². The van der Waals surface area contributed by atoms with Gasteiger partial charge in [0.1, 0.15) is 64.8 Å². The van der Waals surface area contributed by atoms with Crippen LogP contribution in [0.5, 0.6) is 34.5 Å². The molecule has 0 saturated heterocycles. The number of aliphatic hydroxyl groups is 1. The molecule has 120 heavy (non-hydrogen) atoms. The molecule has 19 heteroatoms. The largest absolute Gasteiger partial charge is 0.494 e. The molecule has 1 N–H and O–H groups in total. The van der Waals surface area contributed by atoms with Gasteiger partial charge in [-0.15, -0.1) is 0 Å². The molecule has 0 heterocycles. The Morgan fingerprint density at radius 2 is 0.658 bits per heavy atom. The molecule has 0 aromatic heterocycles.